The van der Waals surface area contributed by atoms with Crippen molar-refractivity contribution >= 4 is 11.5 Å². The van der Waals surface area contributed by atoms with Gasteiger partial charge in [-0.15, -0.1) is 0 Å². The van der Waals surface area contributed by atoms with E-state index in [1.54, 1.807) is 0 Å². The maximum Gasteiger partial charge on any atom is 0.423 e. The van der Waals surface area contributed by atoms with Crippen LogP contribution in [0.25, 0.3) is 0 Å². The molecule has 17 heavy (non-hydrogen) atoms. The van der Waals surface area contributed by atoms with Crippen LogP contribution in [0.4, 0.5) is 24.7 Å². The highest BCUT2D eigenvalue weighted by molar-refractivity contribution is 5.63. The molecule has 0 bridgehead atoms. The van der Waals surface area contributed by atoms with Crippen molar-refractivity contribution in [2.45, 2.75) is 12.7 Å². The Hall–Kier alpha value is -2.06. The lowest BCUT2D eigenvalue weighted by Crippen LogP contribution is -2.22. The van der Waals surface area contributed by atoms with Gasteiger partial charge >= 0.3 is 11.9 Å². The number of pyridine rings is 1. The molecule has 1 aromatic heterocycles. The van der Waals surface area contributed by atoms with Crippen LogP contribution in [0, 0.1) is 10.1 Å². The van der Waals surface area contributed by atoms with Crippen LogP contribution in [0.2, 0.25) is 0 Å². The van der Waals surface area contributed by atoms with E-state index in [2.05, 4.69) is 5.32 Å². The molecule has 9 heteroatoms. The fourth-order valence-corrected chi connectivity index (χ4v) is 1.72. The number of anilines is 1. The second-order valence-electron chi connectivity index (χ2n) is 3.43. The monoisotopic (exact) mass is 249 g/mol. The molecule has 0 atom stereocenters. The van der Waals surface area contributed by atoms with Crippen LogP contribution < -0.4 is 10.9 Å². The first-order valence-electron chi connectivity index (χ1n) is 4.55. The van der Waals surface area contributed by atoms with Crippen LogP contribution in [0.5, 0.6) is 0 Å². The second kappa shape index (κ2) is 3.47. The van der Waals surface area contributed by atoms with Crippen LogP contribution in [-0.2, 0) is 12.7 Å². The number of nitrogens with one attached hydrogen (secondary N) is 1. The fourth-order valence-electron chi connectivity index (χ4n) is 1.72. The van der Waals surface area contributed by atoms with Crippen LogP contribution in [0.3, 0.4) is 0 Å². The van der Waals surface area contributed by atoms with E-state index in [-0.39, 0.29) is 25.0 Å². The van der Waals surface area contributed by atoms with Crippen LogP contribution in [0.1, 0.15) is 5.56 Å². The van der Waals surface area contributed by atoms with Gasteiger partial charge < -0.3 is 5.32 Å². The predicted molar refractivity (Wildman–Crippen MR) is 50.8 cm³/mol. The summed E-state index contributed by atoms with van der Waals surface area (Å²) in [5.74, 6) is -0.380. The Kier molecular flexibility index (Phi) is 2.33. The number of nitro groups is 1. The molecule has 0 radical (unpaired) electrons. The smallest absolute Gasteiger partial charge is 0.364 e. The number of alkyl halides is 3. The van der Waals surface area contributed by atoms with Crippen molar-refractivity contribution in [2.75, 3.05) is 11.9 Å². The predicted octanol–water partition coefficient (Wildman–Crippen LogP) is 1.20. The van der Waals surface area contributed by atoms with Gasteiger partial charge in [-0.3, -0.25) is 19.5 Å². The van der Waals surface area contributed by atoms with Gasteiger partial charge in [0.15, 0.2) is 5.82 Å². The number of halogens is 3. The molecule has 0 unspecified atom stereocenters. The Balaban J connectivity index is 2.82. The average molecular weight is 249 g/mol. The molecule has 0 amide bonds. The lowest BCUT2D eigenvalue weighted by atomic mass is 10.2. The number of aromatic nitrogens is 1. The molecule has 1 aromatic rings. The van der Waals surface area contributed by atoms with Gasteiger partial charge in [0.2, 0.25) is 0 Å². The van der Waals surface area contributed by atoms with Crippen LogP contribution in [-0.4, -0.2) is 16.0 Å². The first-order chi connectivity index (χ1) is 7.82. The summed E-state index contributed by atoms with van der Waals surface area (Å²) < 4.78 is 38.7. The molecule has 2 rings (SSSR count). The van der Waals surface area contributed by atoms with Crippen molar-refractivity contribution in [3.63, 3.8) is 0 Å². The molecule has 2 heterocycles. The highest BCUT2D eigenvalue weighted by Gasteiger charge is 2.42. The van der Waals surface area contributed by atoms with Gasteiger partial charge in [0.05, 0.1) is 4.92 Å². The van der Waals surface area contributed by atoms with Crippen molar-refractivity contribution in [2.24, 2.45) is 0 Å². The van der Waals surface area contributed by atoms with E-state index in [0.29, 0.717) is 0 Å². The van der Waals surface area contributed by atoms with Crippen LogP contribution >= 0.6 is 0 Å². The Bertz CT molecular complexity index is 549. The summed E-state index contributed by atoms with van der Waals surface area (Å²) in [6.07, 6.45) is -4.93. The molecular formula is C8H6F3N3O3. The fraction of sp³-hybridized carbons (Fsp3) is 0.375. The lowest BCUT2D eigenvalue weighted by Gasteiger charge is -2.10. The van der Waals surface area contributed by atoms with Crippen molar-refractivity contribution in [3.05, 3.63) is 32.1 Å². The van der Waals surface area contributed by atoms with Crippen LogP contribution in [0.15, 0.2) is 10.9 Å². The van der Waals surface area contributed by atoms with Crippen molar-refractivity contribution in [1.29, 1.82) is 0 Å². The molecular weight excluding hydrogens is 243 g/mol. The molecule has 0 fully saturated rings. The Morgan fingerprint density at radius 1 is 1.47 bits per heavy atom. The van der Waals surface area contributed by atoms with Gasteiger partial charge in [-0.05, 0) is 0 Å². The van der Waals surface area contributed by atoms with E-state index in [1.807, 2.05) is 0 Å². The largest absolute Gasteiger partial charge is 0.423 e. The maximum atomic E-state index is 12.6. The van der Waals surface area contributed by atoms with Gasteiger partial charge in [0, 0.05) is 19.2 Å². The first-order valence-corrected chi connectivity index (χ1v) is 4.55. The first kappa shape index (κ1) is 11.4. The summed E-state index contributed by atoms with van der Waals surface area (Å²) >= 11 is 0. The van der Waals surface area contributed by atoms with Gasteiger partial charge in [-0.2, -0.15) is 13.2 Å². The Morgan fingerprint density at radius 2 is 2.12 bits per heavy atom. The minimum absolute atomic E-state index is 0.118. The van der Waals surface area contributed by atoms with E-state index in [4.69, 9.17) is 0 Å². The minimum Gasteiger partial charge on any atom is -0.364 e. The quantitative estimate of drug-likeness (QED) is 0.599. The zero-order chi connectivity index (χ0) is 12.8. The summed E-state index contributed by atoms with van der Waals surface area (Å²) in [7, 11) is 0. The van der Waals surface area contributed by atoms with E-state index in [9.17, 15) is 28.1 Å². The van der Waals surface area contributed by atoms with Crippen molar-refractivity contribution in [3.8, 4) is 0 Å². The average Bonchev–Trinajstić information content (AvgIpc) is 2.64. The molecule has 1 N–H and O–H groups in total. The number of rotatable bonds is 1. The topological polar surface area (TPSA) is 77.2 Å². The maximum absolute atomic E-state index is 12.6. The number of nitrogens with zero attached hydrogens (tertiary/aromatic N) is 2. The van der Waals surface area contributed by atoms with E-state index >= 15 is 0 Å². The standard InChI is InChI=1S/C8H6F3N3O3/c9-8(10,11)4-3-5(15)13-2-1-12-7(13)6(4)14(16)17/h3,12H,1-2H2. The highest BCUT2D eigenvalue weighted by atomic mass is 19.4. The summed E-state index contributed by atoms with van der Waals surface area (Å²) in [5, 5.41) is 13.1. The van der Waals surface area contributed by atoms with Crippen molar-refractivity contribution in [1.82, 2.24) is 4.57 Å². The minimum atomic E-state index is -4.93. The van der Waals surface area contributed by atoms with Gasteiger partial charge in [-0.25, -0.2) is 0 Å². The van der Waals surface area contributed by atoms with Crippen molar-refractivity contribution < 1.29 is 18.1 Å². The molecule has 1 aliphatic heterocycles. The number of hydrogen-bond acceptors (Lipinski definition) is 4. The Labute approximate surface area is 91.8 Å². The number of hydrogen-bond donors (Lipinski definition) is 1. The third-order valence-electron chi connectivity index (χ3n) is 2.40. The molecule has 0 spiro atoms. The van der Waals surface area contributed by atoms with E-state index in [1.165, 1.54) is 0 Å². The molecule has 92 valence electrons. The molecule has 0 aromatic carbocycles. The van der Waals surface area contributed by atoms with Gasteiger partial charge in [0.25, 0.3) is 5.56 Å². The molecule has 0 saturated carbocycles. The Morgan fingerprint density at radius 3 is 2.65 bits per heavy atom. The van der Waals surface area contributed by atoms with E-state index in [0.717, 1.165) is 4.57 Å². The van der Waals surface area contributed by atoms with Gasteiger partial charge in [-0.1, -0.05) is 0 Å². The summed E-state index contributed by atoms with van der Waals surface area (Å²) in [6.45, 7) is 0.310. The summed E-state index contributed by atoms with van der Waals surface area (Å²) in [6, 6.07) is 0.259. The summed E-state index contributed by atoms with van der Waals surface area (Å²) in [5.41, 5.74) is -3.52. The summed E-state index contributed by atoms with van der Waals surface area (Å²) in [4.78, 5) is 20.9. The third kappa shape index (κ3) is 1.73. The normalized spacial score (nSPS) is 14.3. The van der Waals surface area contributed by atoms with Gasteiger partial charge in [0.1, 0.15) is 5.56 Å². The lowest BCUT2D eigenvalue weighted by molar-refractivity contribution is -0.387. The number of fused-ring (bicyclic) bond motifs is 1. The molecule has 1 aliphatic rings. The zero-order valence-electron chi connectivity index (χ0n) is 8.24. The molecule has 0 aliphatic carbocycles. The van der Waals surface area contributed by atoms with E-state index < -0.39 is 27.9 Å². The second-order valence-corrected chi connectivity index (χ2v) is 3.43. The highest BCUT2D eigenvalue weighted by Crippen LogP contribution is 2.39. The molecule has 6 nitrogen and oxygen atoms in total. The third-order valence-corrected chi connectivity index (χ3v) is 2.40. The SMILES string of the molecule is O=c1cc(C(F)(F)F)c([N+](=O)[O-])c2n1CCN2. The zero-order valence-corrected chi connectivity index (χ0v) is 8.24. The molecule has 0 saturated heterocycles.